The molecule has 0 aliphatic rings. The topological polar surface area (TPSA) is 88.7 Å². The van der Waals surface area contributed by atoms with Gasteiger partial charge in [0.15, 0.2) is 0 Å². The first kappa shape index (κ1) is 32.2. The van der Waals surface area contributed by atoms with E-state index in [9.17, 15) is 0 Å². The van der Waals surface area contributed by atoms with Crippen LogP contribution in [0.15, 0.2) is 36.4 Å². The molecular weight excluding hydrogens is 388 g/mol. The maximum atomic E-state index is 6.08. The second-order valence-electron chi connectivity index (χ2n) is 7.98. The normalized spacial score (nSPS) is 13.0. The molecule has 0 aliphatic heterocycles. The molecule has 0 spiro atoms. The van der Waals surface area contributed by atoms with E-state index in [4.69, 9.17) is 19.9 Å². The predicted molar refractivity (Wildman–Crippen MR) is 133 cm³/mol. The Morgan fingerprint density at radius 1 is 0.613 bits per heavy atom. The van der Waals surface area contributed by atoms with Gasteiger partial charge in [0.25, 0.3) is 5.97 Å². The first-order valence-corrected chi connectivity index (χ1v) is 12.2. The van der Waals surface area contributed by atoms with Gasteiger partial charge in [-0.2, -0.15) is 0 Å². The van der Waals surface area contributed by atoms with Crippen LogP contribution in [-0.2, 0) is 14.2 Å². The van der Waals surface area contributed by atoms with Crippen molar-refractivity contribution in [2.75, 3.05) is 26.4 Å². The van der Waals surface area contributed by atoms with Gasteiger partial charge < -0.3 is 26.1 Å². The average molecular weight is 441 g/mol. The minimum atomic E-state index is -0.955. The van der Waals surface area contributed by atoms with Gasteiger partial charge in [-0.1, -0.05) is 88.8 Å². The van der Waals surface area contributed by atoms with Crippen molar-refractivity contribution in [1.29, 1.82) is 0 Å². The van der Waals surface area contributed by atoms with Crippen LogP contribution in [-0.4, -0.2) is 32.3 Å². The lowest BCUT2D eigenvalue weighted by Crippen LogP contribution is -2.53. The molecule has 31 heavy (non-hydrogen) atoms. The quantitative estimate of drug-likeness (QED) is 0.199. The highest BCUT2D eigenvalue weighted by molar-refractivity contribution is 4.99. The molecule has 1 aromatic carbocycles. The molecule has 0 saturated heterocycles. The molecule has 0 amide bonds. The highest BCUT2D eigenvalue weighted by atomic mass is 16.9. The molecule has 1 unspecified atom stereocenters. The predicted octanol–water partition coefficient (Wildman–Crippen LogP) is 7.09. The summed E-state index contributed by atoms with van der Waals surface area (Å²) in [7, 11) is 0. The molecular formula is C26H52N2O3. The summed E-state index contributed by atoms with van der Waals surface area (Å²) in [6.07, 6.45) is 10.7. The largest absolute Gasteiger partial charge is 0.344 e. The van der Waals surface area contributed by atoms with Gasteiger partial charge >= 0.3 is 0 Å². The Morgan fingerprint density at radius 2 is 1.00 bits per heavy atom. The van der Waals surface area contributed by atoms with Crippen LogP contribution in [0.5, 0.6) is 0 Å². The fraction of sp³-hybridized carbons (Fsp3) is 0.769. The van der Waals surface area contributed by atoms with E-state index in [2.05, 4.69) is 13.8 Å². The van der Waals surface area contributed by atoms with Crippen LogP contribution in [0.2, 0.25) is 0 Å². The maximum absolute atomic E-state index is 6.08. The Morgan fingerprint density at radius 3 is 1.39 bits per heavy atom. The van der Waals surface area contributed by atoms with Crippen molar-refractivity contribution in [3.8, 4) is 0 Å². The zero-order chi connectivity index (χ0) is 22.6. The van der Waals surface area contributed by atoms with Crippen LogP contribution in [0, 0.1) is 5.41 Å². The van der Waals surface area contributed by atoms with Gasteiger partial charge in [0.2, 0.25) is 0 Å². The number of hydrogen-bond donors (Lipinski definition) is 2. The monoisotopic (exact) mass is 440 g/mol. The lowest BCUT2D eigenvalue weighted by atomic mass is 9.77. The van der Waals surface area contributed by atoms with E-state index in [0.29, 0.717) is 26.4 Å². The van der Waals surface area contributed by atoms with Crippen molar-refractivity contribution in [1.82, 2.24) is 6.15 Å². The molecule has 0 heterocycles. The summed E-state index contributed by atoms with van der Waals surface area (Å²) in [5.74, 6) is -0.955. The molecule has 5 heteroatoms. The second kappa shape index (κ2) is 20.9. The van der Waals surface area contributed by atoms with E-state index in [1.54, 1.807) is 0 Å². The molecule has 1 rings (SSSR count). The van der Waals surface area contributed by atoms with Crippen molar-refractivity contribution < 1.29 is 14.2 Å². The zero-order valence-electron chi connectivity index (χ0n) is 21.2. The molecule has 184 valence electrons. The van der Waals surface area contributed by atoms with Crippen LogP contribution >= 0.6 is 0 Å². The molecule has 0 bridgehead atoms. The lowest BCUT2D eigenvalue weighted by molar-refractivity contribution is -0.427. The summed E-state index contributed by atoms with van der Waals surface area (Å²) in [5.41, 5.74) is 5.61. The van der Waals surface area contributed by atoms with E-state index >= 15 is 0 Å². The Bertz CT molecular complexity index is 429. The van der Waals surface area contributed by atoms with Crippen LogP contribution in [0.3, 0.4) is 0 Å². The fourth-order valence-corrected chi connectivity index (χ4v) is 3.82. The summed E-state index contributed by atoms with van der Waals surface area (Å²) in [4.78, 5) is 0. The first-order chi connectivity index (χ1) is 14.6. The van der Waals surface area contributed by atoms with Crippen molar-refractivity contribution in [2.45, 2.75) is 98.4 Å². The third-order valence-electron chi connectivity index (χ3n) is 5.42. The molecule has 5 nitrogen and oxygen atoms in total. The number of rotatable bonds is 17. The van der Waals surface area contributed by atoms with E-state index in [1.165, 1.54) is 38.5 Å². The SMILES string of the molecule is CCCCCCCCC(C)(CCCN)C(OCC)(OCC)OCC.N.c1ccccc1. The van der Waals surface area contributed by atoms with Gasteiger partial charge in [-0.25, -0.2) is 0 Å². The van der Waals surface area contributed by atoms with Gasteiger partial charge in [-0.3, -0.25) is 0 Å². The molecule has 0 aliphatic carbocycles. The van der Waals surface area contributed by atoms with Crippen LogP contribution in [0.1, 0.15) is 92.4 Å². The van der Waals surface area contributed by atoms with Gasteiger partial charge in [0, 0.05) is 25.2 Å². The van der Waals surface area contributed by atoms with Gasteiger partial charge in [-0.15, -0.1) is 0 Å². The number of ether oxygens (including phenoxy) is 3. The Kier molecular flexibility index (Phi) is 21.7. The number of hydrogen-bond acceptors (Lipinski definition) is 5. The summed E-state index contributed by atoms with van der Waals surface area (Å²) < 4.78 is 18.2. The van der Waals surface area contributed by atoms with Crippen molar-refractivity contribution in [2.24, 2.45) is 11.1 Å². The van der Waals surface area contributed by atoms with E-state index in [0.717, 1.165) is 19.3 Å². The highest BCUT2D eigenvalue weighted by Gasteiger charge is 2.51. The fourth-order valence-electron chi connectivity index (χ4n) is 3.82. The summed E-state index contributed by atoms with van der Waals surface area (Å²) in [6, 6.07) is 12.0. The Hall–Kier alpha value is -0.980. The number of nitrogens with two attached hydrogens (primary N) is 1. The van der Waals surface area contributed by atoms with Crippen molar-refractivity contribution >= 4 is 0 Å². The van der Waals surface area contributed by atoms with Gasteiger partial charge in [0.1, 0.15) is 0 Å². The average Bonchev–Trinajstić information content (AvgIpc) is 2.77. The molecule has 1 aromatic rings. The van der Waals surface area contributed by atoms with Crippen molar-refractivity contribution in [3.05, 3.63) is 36.4 Å². The second-order valence-corrected chi connectivity index (χ2v) is 7.98. The smallest absolute Gasteiger partial charge is 0.288 e. The van der Waals surface area contributed by atoms with Crippen molar-refractivity contribution in [3.63, 3.8) is 0 Å². The Balaban J connectivity index is 0. The number of benzene rings is 1. The zero-order valence-corrected chi connectivity index (χ0v) is 21.2. The molecule has 0 radical (unpaired) electrons. The van der Waals surface area contributed by atoms with E-state index < -0.39 is 5.97 Å². The Labute approximate surface area is 193 Å². The number of unbranched alkanes of at least 4 members (excludes halogenated alkanes) is 5. The van der Waals surface area contributed by atoms with Crippen LogP contribution in [0.4, 0.5) is 0 Å². The van der Waals surface area contributed by atoms with Crippen LogP contribution < -0.4 is 11.9 Å². The third kappa shape index (κ3) is 13.2. The summed E-state index contributed by atoms with van der Waals surface area (Å²) in [6.45, 7) is 12.9. The third-order valence-corrected chi connectivity index (χ3v) is 5.42. The molecule has 5 N–H and O–H groups in total. The maximum Gasteiger partial charge on any atom is 0.288 e. The molecule has 0 aromatic heterocycles. The standard InChI is InChI=1S/C20H43NO3.C6H6.H3N/c1-6-10-11-12-13-14-16-19(5,17-15-18-21)20(22-7-2,23-8-3)24-9-4;1-2-4-6-5-3-1;/h6-18,21H2,1-5H3;1-6H;1H3. The van der Waals surface area contributed by atoms with Crippen LogP contribution in [0.25, 0.3) is 0 Å². The van der Waals surface area contributed by atoms with Gasteiger partial charge in [0.05, 0.1) is 0 Å². The lowest BCUT2D eigenvalue weighted by Gasteiger charge is -2.47. The minimum absolute atomic E-state index is 0. The van der Waals surface area contributed by atoms with E-state index in [1.807, 2.05) is 57.2 Å². The highest BCUT2D eigenvalue weighted by Crippen LogP contribution is 2.45. The minimum Gasteiger partial charge on any atom is -0.344 e. The van der Waals surface area contributed by atoms with E-state index in [-0.39, 0.29) is 11.6 Å². The summed E-state index contributed by atoms with van der Waals surface area (Å²) in [5, 5.41) is 0. The molecule has 1 atom stereocenters. The molecule has 0 fully saturated rings. The molecule has 0 saturated carbocycles. The van der Waals surface area contributed by atoms with Gasteiger partial charge in [-0.05, 0) is 46.6 Å². The summed E-state index contributed by atoms with van der Waals surface area (Å²) >= 11 is 0. The first-order valence-electron chi connectivity index (χ1n) is 12.2.